The Hall–Kier alpha value is -0.740. The van der Waals surface area contributed by atoms with Gasteiger partial charge in [-0.3, -0.25) is 9.89 Å². The Morgan fingerprint density at radius 2 is 2.42 bits per heavy atom. The lowest BCUT2D eigenvalue weighted by Gasteiger charge is -1.99. The van der Waals surface area contributed by atoms with E-state index in [4.69, 9.17) is 23.2 Å². The van der Waals surface area contributed by atoms with Crippen molar-refractivity contribution in [3.63, 3.8) is 0 Å². The van der Waals surface area contributed by atoms with E-state index in [9.17, 15) is 4.79 Å². The molecule has 1 amide bonds. The lowest BCUT2D eigenvalue weighted by Crippen LogP contribution is -2.18. The normalized spacial score (nSPS) is 10.3. The third kappa shape index (κ3) is 2.39. The second-order valence-corrected chi connectivity index (χ2v) is 3.32. The highest BCUT2D eigenvalue weighted by atomic mass is 35.5. The summed E-state index contributed by atoms with van der Waals surface area (Å²) < 4.78 is 0. The van der Waals surface area contributed by atoms with Crippen LogP contribution in [0.5, 0.6) is 0 Å². The Labute approximate surface area is 79.2 Å². The largest absolute Gasteiger partial charge is 0.307 e. The lowest BCUT2D eigenvalue weighted by molar-refractivity contribution is -0.114. The zero-order valence-corrected chi connectivity index (χ0v) is 7.78. The van der Waals surface area contributed by atoms with E-state index in [0.29, 0.717) is 5.82 Å². The molecule has 0 aliphatic heterocycles. The van der Waals surface area contributed by atoms with Gasteiger partial charge < -0.3 is 5.32 Å². The van der Waals surface area contributed by atoms with E-state index < -0.39 is 10.7 Å². The van der Waals surface area contributed by atoms with E-state index in [-0.39, 0.29) is 0 Å². The number of aromatic amines is 1. The Kier molecular flexibility index (Phi) is 2.94. The number of hydrogen-bond acceptors (Lipinski definition) is 2. The summed E-state index contributed by atoms with van der Waals surface area (Å²) in [6.07, 6.45) is 0. The van der Waals surface area contributed by atoms with Crippen LogP contribution in [0.15, 0.2) is 6.07 Å². The van der Waals surface area contributed by atoms with E-state index in [2.05, 4.69) is 15.5 Å². The third-order valence-electron chi connectivity index (χ3n) is 1.16. The Balaban J connectivity index is 2.58. The van der Waals surface area contributed by atoms with Gasteiger partial charge in [0, 0.05) is 11.8 Å². The van der Waals surface area contributed by atoms with Gasteiger partial charge in [-0.15, -0.1) is 0 Å². The Bertz CT molecular complexity index is 284. The fourth-order valence-electron chi connectivity index (χ4n) is 0.663. The van der Waals surface area contributed by atoms with Crippen molar-refractivity contribution in [3.05, 3.63) is 11.8 Å². The first kappa shape index (κ1) is 9.35. The number of carbonyl (C=O) groups excluding carboxylic acids is 1. The van der Waals surface area contributed by atoms with Crippen molar-refractivity contribution in [1.82, 2.24) is 10.2 Å². The van der Waals surface area contributed by atoms with E-state index in [1.807, 2.05) is 6.92 Å². The second-order valence-electron chi connectivity index (χ2n) is 2.23. The molecule has 0 spiro atoms. The fraction of sp³-hybridized carbons (Fsp3) is 0.333. The minimum Gasteiger partial charge on any atom is -0.307 e. The predicted molar refractivity (Wildman–Crippen MR) is 47.4 cm³/mol. The highest BCUT2D eigenvalue weighted by Gasteiger charge is 2.12. The summed E-state index contributed by atoms with van der Waals surface area (Å²) in [7, 11) is 0. The molecule has 1 rings (SSSR count). The van der Waals surface area contributed by atoms with Crippen LogP contribution in [-0.2, 0) is 4.79 Å². The molecule has 0 aromatic carbocycles. The summed E-state index contributed by atoms with van der Waals surface area (Å²) in [6, 6.07) is 1.67. The van der Waals surface area contributed by atoms with E-state index in [1.54, 1.807) is 6.07 Å². The monoisotopic (exact) mass is 207 g/mol. The summed E-state index contributed by atoms with van der Waals surface area (Å²) in [5, 5.41) is 8.84. The molecular formula is C6H7Cl2N3O. The molecule has 1 aromatic heterocycles. The molecule has 0 unspecified atom stereocenters. The van der Waals surface area contributed by atoms with Crippen LogP contribution in [0.3, 0.4) is 0 Å². The molecule has 0 aliphatic carbocycles. The molecule has 0 fully saturated rings. The van der Waals surface area contributed by atoms with Crippen LogP contribution in [0.1, 0.15) is 5.69 Å². The molecule has 0 atom stereocenters. The summed E-state index contributed by atoms with van der Waals surface area (Å²) in [5.41, 5.74) is 0.853. The molecule has 12 heavy (non-hydrogen) atoms. The van der Waals surface area contributed by atoms with Gasteiger partial charge in [0.05, 0.1) is 0 Å². The van der Waals surface area contributed by atoms with Crippen LogP contribution < -0.4 is 5.32 Å². The van der Waals surface area contributed by atoms with Gasteiger partial charge in [-0.05, 0) is 6.92 Å². The number of amides is 1. The average molecular weight is 208 g/mol. The summed E-state index contributed by atoms with van der Waals surface area (Å²) >= 11 is 10.6. The van der Waals surface area contributed by atoms with Crippen LogP contribution in [0, 0.1) is 6.92 Å². The third-order valence-corrected chi connectivity index (χ3v) is 1.55. The van der Waals surface area contributed by atoms with Gasteiger partial charge in [-0.1, -0.05) is 23.2 Å². The first-order valence-corrected chi connectivity index (χ1v) is 4.08. The molecule has 0 bridgehead atoms. The number of alkyl halides is 2. The second kappa shape index (κ2) is 3.78. The number of H-pyrrole nitrogens is 1. The minimum atomic E-state index is -1.07. The predicted octanol–water partition coefficient (Wildman–Crippen LogP) is 1.46. The number of aromatic nitrogens is 2. The quantitative estimate of drug-likeness (QED) is 0.722. The molecule has 0 saturated carbocycles. The van der Waals surface area contributed by atoms with Gasteiger partial charge in [-0.25, -0.2) is 0 Å². The van der Waals surface area contributed by atoms with Gasteiger partial charge in [0.25, 0.3) is 5.91 Å². The van der Waals surface area contributed by atoms with Crippen LogP contribution in [0.4, 0.5) is 5.82 Å². The van der Waals surface area contributed by atoms with Gasteiger partial charge in [0.2, 0.25) is 0 Å². The minimum absolute atomic E-state index is 0.420. The first-order chi connectivity index (χ1) is 5.59. The molecular weight excluding hydrogens is 201 g/mol. The standard InChI is InChI=1S/C6H7Cl2N3O/c1-3-2-4(11-10-3)9-6(12)5(7)8/h2,5H,1H3,(H2,9,10,11,12). The molecule has 6 heteroatoms. The molecule has 1 aromatic rings. The SMILES string of the molecule is Cc1cc(NC(=O)C(Cl)Cl)n[nH]1. The maximum atomic E-state index is 10.9. The fourth-order valence-corrected chi connectivity index (χ4v) is 0.772. The van der Waals surface area contributed by atoms with Crippen LogP contribution >= 0.6 is 23.2 Å². The molecule has 0 radical (unpaired) electrons. The summed E-state index contributed by atoms with van der Waals surface area (Å²) in [5.74, 6) is -0.0615. The molecule has 1 heterocycles. The number of halogens is 2. The average Bonchev–Trinajstić information content (AvgIpc) is 2.35. The van der Waals surface area contributed by atoms with E-state index >= 15 is 0 Å². The van der Waals surface area contributed by atoms with Crippen molar-refractivity contribution < 1.29 is 4.79 Å². The van der Waals surface area contributed by atoms with Crippen molar-refractivity contribution in [2.45, 2.75) is 11.8 Å². The number of hydrogen-bond donors (Lipinski definition) is 2. The Morgan fingerprint density at radius 1 is 1.75 bits per heavy atom. The van der Waals surface area contributed by atoms with Crippen LogP contribution in [0.25, 0.3) is 0 Å². The molecule has 2 N–H and O–H groups in total. The van der Waals surface area contributed by atoms with Gasteiger partial charge in [-0.2, -0.15) is 5.10 Å². The number of nitrogens with zero attached hydrogens (tertiary/aromatic N) is 1. The molecule has 0 saturated heterocycles. The smallest absolute Gasteiger partial charge is 0.258 e. The first-order valence-electron chi connectivity index (χ1n) is 3.20. The number of nitrogens with one attached hydrogen (secondary N) is 2. The number of rotatable bonds is 2. The number of carbonyl (C=O) groups is 1. The zero-order valence-electron chi connectivity index (χ0n) is 6.27. The molecule has 0 aliphatic rings. The summed E-state index contributed by atoms with van der Waals surface area (Å²) in [4.78, 5) is 9.83. The maximum Gasteiger partial charge on any atom is 0.258 e. The topological polar surface area (TPSA) is 57.8 Å². The number of aryl methyl sites for hydroxylation is 1. The van der Waals surface area contributed by atoms with Gasteiger partial charge >= 0.3 is 0 Å². The lowest BCUT2D eigenvalue weighted by atomic mass is 10.5. The number of anilines is 1. The maximum absolute atomic E-state index is 10.9. The van der Waals surface area contributed by atoms with Crippen molar-refractivity contribution in [2.24, 2.45) is 0 Å². The van der Waals surface area contributed by atoms with Gasteiger partial charge in [0.15, 0.2) is 10.7 Å². The highest BCUT2D eigenvalue weighted by molar-refractivity contribution is 6.54. The molecule has 4 nitrogen and oxygen atoms in total. The summed E-state index contributed by atoms with van der Waals surface area (Å²) in [6.45, 7) is 1.82. The zero-order chi connectivity index (χ0) is 9.14. The van der Waals surface area contributed by atoms with Crippen LogP contribution in [-0.4, -0.2) is 20.9 Å². The van der Waals surface area contributed by atoms with Crippen molar-refractivity contribution in [3.8, 4) is 0 Å². The van der Waals surface area contributed by atoms with Gasteiger partial charge in [0.1, 0.15) is 0 Å². The Morgan fingerprint density at radius 3 is 2.83 bits per heavy atom. The molecule has 66 valence electrons. The van der Waals surface area contributed by atoms with Crippen molar-refractivity contribution >= 4 is 34.9 Å². The van der Waals surface area contributed by atoms with E-state index in [0.717, 1.165) is 5.69 Å². The van der Waals surface area contributed by atoms with Crippen molar-refractivity contribution in [1.29, 1.82) is 0 Å². The van der Waals surface area contributed by atoms with Crippen molar-refractivity contribution in [2.75, 3.05) is 5.32 Å². The van der Waals surface area contributed by atoms with E-state index in [1.165, 1.54) is 0 Å². The van der Waals surface area contributed by atoms with Crippen LogP contribution in [0.2, 0.25) is 0 Å². The highest BCUT2D eigenvalue weighted by Crippen LogP contribution is 2.08.